The van der Waals surface area contributed by atoms with E-state index in [1.165, 1.54) is 42.6 Å². The molecule has 0 radical (unpaired) electrons. The summed E-state index contributed by atoms with van der Waals surface area (Å²) in [7, 11) is 2.81. The van der Waals surface area contributed by atoms with Crippen molar-refractivity contribution >= 4 is 65.4 Å². The third-order valence-electron chi connectivity index (χ3n) is 7.56. The maximum absolute atomic E-state index is 11.9. The Morgan fingerprint density at radius 2 is 1.04 bits per heavy atom. The number of likely N-dealkylation sites (tertiary alicyclic amines) is 2. The van der Waals surface area contributed by atoms with E-state index in [-0.39, 0.29) is 84.9 Å². The smallest absolute Gasteiger partial charge is 1.00 e. The molecular formula is C30H54ClLi2N3O11S3. The van der Waals surface area contributed by atoms with E-state index in [2.05, 4.69) is 5.32 Å². The van der Waals surface area contributed by atoms with Crippen LogP contribution in [0.3, 0.4) is 0 Å². The molecule has 0 unspecified atom stereocenters. The number of hydrogen-bond acceptors (Lipinski definition) is 14. The number of carbonyl (C=O) groups is 5. The quantitative estimate of drug-likeness (QED) is 0.148. The summed E-state index contributed by atoms with van der Waals surface area (Å²) < 4.78 is 18.2. The Balaban J connectivity index is -0.000000313. The molecule has 20 heteroatoms. The fourth-order valence-corrected chi connectivity index (χ4v) is 7.23. The number of carbonyl (C=O) groups excluding carboxylic acids is 4. The van der Waals surface area contributed by atoms with Gasteiger partial charge in [0.2, 0.25) is 0 Å². The minimum absolute atomic E-state index is 0. The minimum atomic E-state index is -0.878. The average molecular weight is 778 g/mol. The topological polar surface area (TPSA) is 191 Å². The predicted octanol–water partition coefficient (Wildman–Crippen LogP) is -5.19. The molecule has 0 saturated carbocycles. The van der Waals surface area contributed by atoms with Crippen molar-refractivity contribution in [2.45, 2.75) is 86.2 Å². The van der Waals surface area contributed by atoms with E-state index in [0.29, 0.717) is 32.5 Å². The number of halogens is 1. The molecule has 14 nitrogen and oxygen atoms in total. The third-order valence-corrected chi connectivity index (χ3v) is 11.4. The summed E-state index contributed by atoms with van der Waals surface area (Å²) in [6.07, 6.45) is 6.69. The van der Waals surface area contributed by atoms with Crippen LogP contribution in [-0.2, 0) is 33.3 Å². The molecule has 3 N–H and O–H groups in total. The van der Waals surface area contributed by atoms with Crippen molar-refractivity contribution in [3.63, 3.8) is 0 Å². The minimum Gasteiger partial charge on any atom is -1.00 e. The molecule has 3 heterocycles. The van der Waals surface area contributed by atoms with Gasteiger partial charge in [0.25, 0.3) is 0 Å². The summed E-state index contributed by atoms with van der Waals surface area (Å²) in [6.45, 7) is 14.0. The van der Waals surface area contributed by atoms with Gasteiger partial charge in [-0.3, -0.25) is 14.4 Å². The van der Waals surface area contributed by atoms with Crippen LogP contribution in [0.15, 0.2) is 0 Å². The monoisotopic (exact) mass is 777 g/mol. The van der Waals surface area contributed by atoms with Gasteiger partial charge in [0.1, 0.15) is 25.4 Å². The normalized spacial score (nSPS) is 23.7. The Labute approximate surface area is 340 Å². The number of methoxy groups -OCH3 is 2. The number of hydrogen-bond donors (Lipinski definition) is 2. The van der Waals surface area contributed by atoms with E-state index < -0.39 is 32.8 Å². The van der Waals surface area contributed by atoms with Crippen molar-refractivity contribution in [3.05, 3.63) is 0 Å². The maximum Gasteiger partial charge on any atom is 1.00 e. The zero-order valence-electron chi connectivity index (χ0n) is 31.9. The van der Waals surface area contributed by atoms with Crippen molar-refractivity contribution in [1.29, 1.82) is 0 Å². The van der Waals surface area contributed by atoms with Gasteiger partial charge in [-0.1, -0.05) is 0 Å². The zero-order chi connectivity index (χ0) is 35.6. The Kier molecular flexibility index (Phi) is 26.9. The summed E-state index contributed by atoms with van der Waals surface area (Å²) in [5.74, 6) is -1.24. The first kappa shape index (κ1) is 56.1. The number of thioether (sulfide) groups is 3. The number of esters is 2. The number of nitrogens with zero attached hydrogens (tertiary/aromatic N) is 2. The Hall–Kier alpha value is -0.595. The van der Waals surface area contributed by atoms with Crippen molar-refractivity contribution in [1.82, 2.24) is 15.1 Å². The van der Waals surface area contributed by atoms with Crippen LogP contribution < -0.4 is 55.4 Å². The van der Waals surface area contributed by atoms with E-state index in [1.54, 1.807) is 43.7 Å². The van der Waals surface area contributed by atoms with Crippen molar-refractivity contribution in [3.8, 4) is 0 Å². The van der Waals surface area contributed by atoms with Crippen molar-refractivity contribution in [2.75, 3.05) is 72.3 Å². The molecule has 2 amide bonds. The predicted molar refractivity (Wildman–Crippen MR) is 185 cm³/mol. The van der Waals surface area contributed by atoms with Crippen molar-refractivity contribution in [2.24, 2.45) is 0 Å². The molecular weight excluding hydrogens is 724 g/mol. The van der Waals surface area contributed by atoms with Crippen LogP contribution in [-0.4, -0.2) is 148 Å². The molecule has 3 aliphatic heterocycles. The van der Waals surface area contributed by atoms with Crippen LogP contribution in [0.25, 0.3) is 0 Å². The van der Waals surface area contributed by atoms with Crippen LogP contribution in [0.4, 0.5) is 9.59 Å². The molecule has 50 heavy (non-hydrogen) atoms. The van der Waals surface area contributed by atoms with Crippen LogP contribution in [0.1, 0.15) is 60.8 Å². The average Bonchev–Trinajstić information content (AvgIpc) is 3.75. The summed E-state index contributed by atoms with van der Waals surface area (Å²) in [4.78, 5) is 61.0. The van der Waals surface area contributed by atoms with Gasteiger partial charge in [-0.25, -0.2) is 9.59 Å². The summed E-state index contributed by atoms with van der Waals surface area (Å²) >= 11 is 4.28. The number of ether oxygens (including phenoxy) is 4. The Bertz CT molecular complexity index is 1100. The molecule has 3 fully saturated rings. The zero-order valence-corrected chi connectivity index (χ0v) is 35.1. The Morgan fingerprint density at radius 1 is 0.680 bits per heavy atom. The summed E-state index contributed by atoms with van der Waals surface area (Å²) in [5, 5.41) is 12.4. The van der Waals surface area contributed by atoms with Gasteiger partial charge in [0, 0.05) is 32.7 Å². The number of amides is 2. The second-order valence-corrected chi connectivity index (χ2v) is 16.7. The van der Waals surface area contributed by atoms with E-state index >= 15 is 0 Å². The molecule has 3 saturated heterocycles. The summed E-state index contributed by atoms with van der Waals surface area (Å²) in [5.41, 5.74) is -1.07. The van der Waals surface area contributed by atoms with E-state index in [9.17, 15) is 29.1 Å². The molecule has 0 aromatic heterocycles. The molecule has 0 aromatic carbocycles. The molecule has 0 aromatic rings. The van der Waals surface area contributed by atoms with Gasteiger partial charge in [0.15, 0.2) is 0 Å². The number of carboxylic acid groups (broad SMARTS) is 1. The van der Waals surface area contributed by atoms with Crippen LogP contribution in [0, 0.1) is 0 Å². The van der Waals surface area contributed by atoms with Crippen molar-refractivity contribution < 1.29 is 104 Å². The third kappa shape index (κ3) is 16.2. The van der Waals surface area contributed by atoms with Gasteiger partial charge in [0.05, 0.1) is 14.2 Å². The van der Waals surface area contributed by atoms with Gasteiger partial charge in [-0.15, -0.1) is 35.3 Å². The van der Waals surface area contributed by atoms with Gasteiger partial charge < -0.3 is 57.1 Å². The van der Waals surface area contributed by atoms with Crippen LogP contribution >= 0.6 is 35.3 Å². The van der Waals surface area contributed by atoms with E-state index in [0.717, 1.165) is 19.5 Å². The first-order chi connectivity index (χ1) is 21.2. The van der Waals surface area contributed by atoms with E-state index in [1.807, 2.05) is 33.3 Å². The van der Waals surface area contributed by atoms with Gasteiger partial charge in [-0.2, -0.15) is 0 Å². The molecule has 282 valence electrons. The molecule has 0 spiro atoms. The first-order valence-corrected chi connectivity index (χ1v) is 18.6. The number of aliphatic carboxylic acids is 1. The summed E-state index contributed by atoms with van der Waals surface area (Å²) in [6, 6.07) is 0. The second kappa shape index (κ2) is 23.9. The molecule has 0 bridgehead atoms. The standard InChI is InChI=1S/C12H21NO4S.C11H19NO4S.C7H13NO2S.ClH.2Li.H2O/c1-11(2,3)17-10(15)13-7-6-12(8-13,18-5)9(14)16-4;1-10(2,3)16-9(15)12-6-5-11(7-12,17-4)8(13)14;1-10-6(9)7(11-2)3-4-8-5-7;;;;/h6-8H2,1-5H3;5-7H2,1-4H3,(H,13,14);8H,3-5H2,1-2H3;1H;;;1H2/q;;;;2*+1;/p-2/t12-;11-;7-;;;;/m000..../s1. The van der Waals surface area contributed by atoms with Crippen LogP contribution in [0.5, 0.6) is 0 Å². The van der Waals surface area contributed by atoms with Gasteiger partial charge >= 0.3 is 67.8 Å². The fourth-order valence-electron chi connectivity index (χ4n) is 4.85. The molecule has 3 atom stereocenters. The van der Waals surface area contributed by atoms with Gasteiger partial charge in [-0.05, 0) is 86.1 Å². The number of carboxylic acids is 1. The maximum atomic E-state index is 11.9. The molecule has 0 aliphatic carbocycles. The molecule has 3 rings (SSSR count). The SMILES string of the molecule is COC(=O)[C@]1(SC)CCN(C(=O)OC(C)(C)C)C1.COC(=O)[C@]1(SC)CCNC1.CS[C@@]1(C(=O)O)CCN(C(=O)OC(C)(C)C)C1.[Cl-].[Li+].[Li+].[OH-]. The molecule has 3 aliphatic rings. The van der Waals surface area contributed by atoms with E-state index in [4.69, 9.17) is 18.9 Å². The number of nitrogens with one attached hydrogen (secondary N) is 1. The number of rotatable bonds is 6. The Morgan fingerprint density at radius 3 is 1.32 bits per heavy atom. The van der Waals surface area contributed by atoms with Crippen LogP contribution in [0.2, 0.25) is 0 Å². The fraction of sp³-hybridized carbons (Fsp3) is 0.833. The first-order valence-electron chi connectivity index (χ1n) is 14.9. The largest absolute Gasteiger partial charge is 1.00 e. The second-order valence-electron chi connectivity index (χ2n) is 13.1.